The van der Waals surface area contributed by atoms with E-state index in [1.807, 2.05) is 24.3 Å². The van der Waals surface area contributed by atoms with Crippen molar-refractivity contribution in [3.8, 4) is 0 Å². The number of carboxylic acid groups (broad SMARTS) is 2. The van der Waals surface area contributed by atoms with Crippen LogP contribution in [0.2, 0.25) is 0 Å². The standard InChI is InChI=1S/C21H29N7O6/c22-13(8-11-10-26-14-5-2-1-4-12(11)14)18(31)27-15(6-3-7-25-21(23)24)19(32)28-16(20(33)34)9-17(29)30/h1-2,4-5,10,13,15-16,26H,3,6-9,22H2,(H,27,31)(H,28,32)(H,29,30)(H,33,34)(H4,23,24,25). The molecule has 13 nitrogen and oxygen atoms in total. The van der Waals surface area contributed by atoms with Crippen LogP contribution >= 0.6 is 0 Å². The van der Waals surface area contributed by atoms with Crippen molar-refractivity contribution in [2.75, 3.05) is 6.54 Å². The molecule has 13 heteroatoms. The van der Waals surface area contributed by atoms with Crippen LogP contribution in [0.15, 0.2) is 35.5 Å². The molecule has 3 atom stereocenters. The van der Waals surface area contributed by atoms with Gasteiger partial charge in [-0.2, -0.15) is 0 Å². The topological polar surface area (TPSA) is 239 Å². The SMILES string of the molecule is NC(N)=NCCCC(NC(=O)C(N)Cc1c[nH]c2ccccc12)C(=O)NC(CC(=O)O)C(=O)O. The lowest BCUT2D eigenvalue weighted by Crippen LogP contribution is -2.55. The number of hydrogen-bond donors (Lipinski definition) is 8. The van der Waals surface area contributed by atoms with Crippen LogP contribution in [0.1, 0.15) is 24.8 Å². The molecule has 1 aromatic heterocycles. The molecular weight excluding hydrogens is 446 g/mol. The Kier molecular flexibility index (Phi) is 9.38. The Morgan fingerprint density at radius 2 is 1.71 bits per heavy atom. The average molecular weight is 476 g/mol. The minimum Gasteiger partial charge on any atom is -0.481 e. The number of hydrogen-bond acceptors (Lipinski definition) is 6. The van der Waals surface area contributed by atoms with Gasteiger partial charge in [-0.15, -0.1) is 0 Å². The maximum Gasteiger partial charge on any atom is 0.326 e. The van der Waals surface area contributed by atoms with Gasteiger partial charge in [0.2, 0.25) is 11.8 Å². The number of carboxylic acids is 2. The first-order valence-corrected chi connectivity index (χ1v) is 10.5. The van der Waals surface area contributed by atoms with Crippen LogP contribution in [-0.2, 0) is 25.6 Å². The Labute approximate surface area is 194 Å². The number of amides is 2. The third-order valence-electron chi connectivity index (χ3n) is 5.02. The van der Waals surface area contributed by atoms with E-state index in [-0.39, 0.29) is 31.8 Å². The molecule has 0 aliphatic carbocycles. The van der Waals surface area contributed by atoms with Gasteiger partial charge in [-0.25, -0.2) is 4.79 Å². The molecular formula is C21H29N7O6. The molecule has 0 saturated heterocycles. The van der Waals surface area contributed by atoms with Crippen molar-refractivity contribution >= 4 is 40.6 Å². The number of para-hydroxylation sites is 1. The lowest BCUT2D eigenvalue weighted by Gasteiger charge is -2.22. The van der Waals surface area contributed by atoms with Crippen molar-refractivity contribution in [2.45, 2.75) is 43.8 Å². The smallest absolute Gasteiger partial charge is 0.326 e. The summed E-state index contributed by atoms with van der Waals surface area (Å²) in [6.07, 6.45) is 1.46. The van der Waals surface area contributed by atoms with Gasteiger partial charge in [0, 0.05) is 23.6 Å². The van der Waals surface area contributed by atoms with Gasteiger partial charge in [-0.1, -0.05) is 18.2 Å². The van der Waals surface area contributed by atoms with Crippen molar-refractivity contribution < 1.29 is 29.4 Å². The number of aromatic amines is 1. The van der Waals surface area contributed by atoms with E-state index >= 15 is 0 Å². The molecule has 1 aromatic carbocycles. The summed E-state index contributed by atoms with van der Waals surface area (Å²) in [6, 6.07) is 3.67. The average Bonchev–Trinajstić information content (AvgIpc) is 3.17. The summed E-state index contributed by atoms with van der Waals surface area (Å²) >= 11 is 0. The number of nitrogens with one attached hydrogen (secondary N) is 3. The summed E-state index contributed by atoms with van der Waals surface area (Å²) in [6.45, 7) is 0.168. The number of nitrogens with two attached hydrogens (primary N) is 3. The third kappa shape index (κ3) is 7.78. The predicted octanol–water partition coefficient (Wildman–Crippen LogP) is -1.38. The van der Waals surface area contributed by atoms with Crippen LogP contribution in [0.3, 0.4) is 0 Å². The van der Waals surface area contributed by atoms with Crippen molar-refractivity contribution in [1.82, 2.24) is 15.6 Å². The molecule has 0 spiro atoms. The number of guanidine groups is 1. The van der Waals surface area contributed by atoms with Gasteiger partial charge >= 0.3 is 11.9 Å². The van der Waals surface area contributed by atoms with Crippen LogP contribution in [0.25, 0.3) is 10.9 Å². The number of aromatic nitrogens is 1. The van der Waals surface area contributed by atoms with Gasteiger partial charge in [-0.3, -0.25) is 19.4 Å². The summed E-state index contributed by atoms with van der Waals surface area (Å²) in [5.74, 6) is -4.54. The monoisotopic (exact) mass is 475 g/mol. The van der Waals surface area contributed by atoms with Gasteiger partial charge < -0.3 is 43.0 Å². The fraction of sp³-hybridized carbons (Fsp3) is 0.381. The van der Waals surface area contributed by atoms with E-state index in [4.69, 9.17) is 22.3 Å². The lowest BCUT2D eigenvalue weighted by atomic mass is 10.0. The van der Waals surface area contributed by atoms with E-state index in [0.29, 0.717) is 0 Å². The van der Waals surface area contributed by atoms with E-state index in [2.05, 4.69) is 20.6 Å². The normalized spacial score (nSPS) is 13.4. The highest BCUT2D eigenvalue weighted by Crippen LogP contribution is 2.18. The molecule has 2 amide bonds. The van der Waals surface area contributed by atoms with Crippen LogP contribution in [0.4, 0.5) is 0 Å². The summed E-state index contributed by atoms with van der Waals surface area (Å²) in [7, 11) is 0. The highest BCUT2D eigenvalue weighted by Gasteiger charge is 2.29. The van der Waals surface area contributed by atoms with Crippen molar-refractivity contribution in [3.63, 3.8) is 0 Å². The molecule has 0 aliphatic heterocycles. The van der Waals surface area contributed by atoms with Gasteiger partial charge in [0.25, 0.3) is 0 Å². The Morgan fingerprint density at radius 3 is 2.35 bits per heavy atom. The van der Waals surface area contributed by atoms with Crippen molar-refractivity contribution in [1.29, 1.82) is 0 Å². The quantitative estimate of drug-likeness (QED) is 0.0965. The zero-order valence-electron chi connectivity index (χ0n) is 18.4. The number of aliphatic imine (C=N–C) groups is 1. The summed E-state index contributed by atoms with van der Waals surface area (Å²) in [5.41, 5.74) is 18.3. The maximum atomic E-state index is 12.8. The summed E-state index contributed by atoms with van der Waals surface area (Å²) in [4.78, 5) is 54.6. The minimum absolute atomic E-state index is 0.0631. The highest BCUT2D eigenvalue weighted by atomic mass is 16.4. The van der Waals surface area contributed by atoms with Gasteiger partial charge in [0.1, 0.15) is 12.1 Å². The van der Waals surface area contributed by atoms with E-state index < -0.39 is 48.3 Å². The van der Waals surface area contributed by atoms with Crippen molar-refractivity contribution in [3.05, 3.63) is 36.0 Å². The fourth-order valence-corrected chi connectivity index (χ4v) is 3.33. The van der Waals surface area contributed by atoms with Crippen LogP contribution < -0.4 is 27.8 Å². The first-order valence-electron chi connectivity index (χ1n) is 10.5. The van der Waals surface area contributed by atoms with E-state index in [1.54, 1.807) is 6.20 Å². The molecule has 3 unspecified atom stereocenters. The Balaban J connectivity index is 2.09. The lowest BCUT2D eigenvalue weighted by molar-refractivity contribution is -0.147. The van der Waals surface area contributed by atoms with Crippen LogP contribution in [-0.4, -0.2) is 69.6 Å². The number of H-pyrrole nitrogens is 1. The van der Waals surface area contributed by atoms with Crippen molar-refractivity contribution in [2.24, 2.45) is 22.2 Å². The second kappa shape index (κ2) is 12.2. The number of fused-ring (bicyclic) bond motifs is 1. The predicted molar refractivity (Wildman–Crippen MR) is 124 cm³/mol. The van der Waals surface area contributed by atoms with E-state index in [9.17, 15) is 24.3 Å². The van der Waals surface area contributed by atoms with Gasteiger partial charge in [0.05, 0.1) is 12.5 Å². The van der Waals surface area contributed by atoms with E-state index in [1.165, 1.54) is 0 Å². The number of rotatable bonds is 13. The first-order chi connectivity index (χ1) is 16.1. The van der Waals surface area contributed by atoms with Crippen LogP contribution in [0, 0.1) is 0 Å². The molecule has 0 radical (unpaired) electrons. The highest BCUT2D eigenvalue weighted by molar-refractivity contribution is 5.93. The molecule has 34 heavy (non-hydrogen) atoms. The second-order valence-corrected chi connectivity index (χ2v) is 7.68. The number of benzene rings is 1. The molecule has 0 bridgehead atoms. The first kappa shape index (κ1) is 26.1. The maximum absolute atomic E-state index is 12.8. The third-order valence-corrected chi connectivity index (χ3v) is 5.02. The Bertz CT molecular complexity index is 1060. The second-order valence-electron chi connectivity index (χ2n) is 7.68. The zero-order valence-corrected chi connectivity index (χ0v) is 18.4. The molecule has 0 saturated carbocycles. The molecule has 0 fully saturated rings. The molecule has 0 aliphatic rings. The number of aliphatic carboxylic acids is 2. The number of carbonyl (C=O) groups is 4. The largest absolute Gasteiger partial charge is 0.481 e. The van der Waals surface area contributed by atoms with Gasteiger partial charge in [0.15, 0.2) is 5.96 Å². The fourth-order valence-electron chi connectivity index (χ4n) is 3.33. The Hall–Kier alpha value is -4.13. The van der Waals surface area contributed by atoms with E-state index in [0.717, 1.165) is 16.5 Å². The summed E-state index contributed by atoms with van der Waals surface area (Å²) < 4.78 is 0. The molecule has 1 heterocycles. The molecule has 2 aromatic rings. The number of carbonyl (C=O) groups excluding carboxylic acids is 2. The zero-order chi connectivity index (χ0) is 25.3. The Morgan fingerprint density at radius 1 is 1.03 bits per heavy atom. The minimum atomic E-state index is -1.66. The molecule has 2 rings (SSSR count). The molecule has 184 valence electrons. The number of nitrogens with zero attached hydrogens (tertiary/aromatic N) is 1. The summed E-state index contributed by atoms with van der Waals surface area (Å²) in [5, 5.41) is 23.7. The van der Waals surface area contributed by atoms with Gasteiger partial charge in [-0.05, 0) is 30.9 Å². The van der Waals surface area contributed by atoms with Crippen LogP contribution in [0.5, 0.6) is 0 Å². The molecule has 11 N–H and O–H groups in total.